The molecule has 2 atom stereocenters. The van der Waals surface area contributed by atoms with Crippen LogP contribution in [0.4, 0.5) is 17.1 Å². The Labute approximate surface area is 170 Å². The van der Waals surface area contributed by atoms with Crippen molar-refractivity contribution >= 4 is 38.7 Å². The molecule has 0 radical (unpaired) electrons. The molecule has 2 aromatic carbocycles. The van der Waals surface area contributed by atoms with Crippen LogP contribution >= 0.6 is 0 Å². The average molecular weight is 413 g/mol. The highest BCUT2D eigenvalue weighted by Crippen LogP contribution is 2.27. The minimum atomic E-state index is -3.07. The number of likely N-dealkylation sites (tertiary alicyclic amines) is 1. The molecule has 0 aromatic heterocycles. The summed E-state index contributed by atoms with van der Waals surface area (Å²) in [6, 6.07) is 16.8. The van der Waals surface area contributed by atoms with E-state index < -0.39 is 15.8 Å². The fraction of sp³-hybridized carbons (Fsp3) is 0.333. The monoisotopic (exact) mass is 413 g/mol. The number of sulfone groups is 1. The molecule has 2 fully saturated rings. The molecule has 2 aliphatic rings. The van der Waals surface area contributed by atoms with Gasteiger partial charge >= 0.3 is 0 Å². The summed E-state index contributed by atoms with van der Waals surface area (Å²) in [4.78, 5) is 26.5. The maximum absolute atomic E-state index is 12.6. The van der Waals surface area contributed by atoms with Gasteiger partial charge in [0.15, 0.2) is 9.84 Å². The van der Waals surface area contributed by atoms with Gasteiger partial charge < -0.3 is 15.5 Å². The summed E-state index contributed by atoms with van der Waals surface area (Å²) < 4.78 is 23.4. The second kappa shape index (κ2) is 7.87. The van der Waals surface area contributed by atoms with E-state index >= 15 is 0 Å². The summed E-state index contributed by atoms with van der Waals surface area (Å²) in [5.41, 5.74) is 2.53. The molecule has 8 heteroatoms. The number of hydrogen-bond acceptors (Lipinski definition) is 5. The van der Waals surface area contributed by atoms with E-state index in [1.807, 2.05) is 42.5 Å². The first kappa shape index (κ1) is 19.4. The van der Waals surface area contributed by atoms with Gasteiger partial charge in [-0.25, -0.2) is 8.42 Å². The van der Waals surface area contributed by atoms with Crippen molar-refractivity contribution < 1.29 is 18.0 Å². The lowest BCUT2D eigenvalue weighted by atomic mass is 10.1. The van der Waals surface area contributed by atoms with Crippen LogP contribution in [0.25, 0.3) is 0 Å². The third-order valence-corrected chi connectivity index (χ3v) is 7.14. The van der Waals surface area contributed by atoms with Gasteiger partial charge in [0.1, 0.15) is 0 Å². The predicted octanol–water partition coefficient (Wildman–Crippen LogP) is 2.40. The van der Waals surface area contributed by atoms with Crippen LogP contribution in [0, 0.1) is 5.92 Å². The van der Waals surface area contributed by atoms with Gasteiger partial charge in [0, 0.05) is 36.1 Å². The molecule has 2 heterocycles. The zero-order valence-electron chi connectivity index (χ0n) is 15.9. The molecule has 4 rings (SSSR count). The number of anilines is 3. The quantitative estimate of drug-likeness (QED) is 0.785. The molecule has 152 valence electrons. The Balaban J connectivity index is 1.34. The van der Waals surface area contributed by atoms with Gasteiger partial charge in [-0.05, 0) is 42.8 Å². The third kappa shape index (κ3) is 4.59. The van der Waals surface area contributed by atoms with E-state index in [1.54, 1.807) is 17.0 Å². The molecule has 0 spiro atoms. The number of carbonyl (C=O) groups is 2. The van der Waals surface area contributed by atoms with Gasteiger partial charge in [-0.1, -0.05) is 18.2 Å². The molecule has 2 N–H and O–H groups in total. The van der Waals surface area contributed by atoms with Crippen LogP contribution in [0.3, 0.4) is 0 Å². The van der Waals surface area contributed by atoms with E-state index in [9.17, 15) is 18.0 Å². The predicted molar refractivity (Wildman–Crippen MR) is 112 cm³/mol. The van der Waals surface area contributed by atoms with E-state index in [0.717, 1.165) is 11.4 Å². The Hall–Kier alpha value is -2.87. The van der Waals surface area contributed by atoms with Crippen LogP contribution < -0.4 is 10.6 Å². The lowest BCUT2D eigenvalue weighted by molar-refractivity contribution is -0.129. The van der Waals surface area contributed by atoms with E-state index in [1.165, 1.54) is 0 Å². The first-order valence-corrected chi connectivity index (χ1v) is 11.4. The van der Waals surface area contributed by atoms with Gasteiger partial charge in [-0.15, -0.1) is 0 Å². The van der Waals surface area contributed by atoms with Crippen molar-refractivity contribution in [3.63, 3.8) is 0 Å². The molecule has 0 saturated carbocycles. The minimum absolute atomic E-state index is 0.00293. The topological polar surface area (TPSA) is 95.6 Å². The molecule has 2 unspecified atom stereocenters. The molecule has 2 aliphatic heterocycles. The summed E-state index contributed by atoms with van der Waals surface area (Å²) in [5, 5.41) is 6.13. The van der Waals surface area contributed by atoms with Crippen molar-refractivity contribution in [1.82, 2.24) is 4.90 Å². The Morgan fingerprint density at radius 3 is 2.28 bits per heavy atom. The first-order chi connectivity index (χ1) is 13.9. The molecule has 0 bridgehead atoms. The van der Waals surface area contributed by atoms with Crippen molar-refractivity contribution in [2.24, 2.45) is 5.92 Å². The first-order valence-electron chi connectivity index (χ1n) is 9.62. The summed E-state index contributed by atoms with van der Waals surface area (Å²) >= 11 is 0. The van der Waals surface area contributed by atoms with E-state index in [-0.39, 0.29) is 42.3 Å². The van der Waals surface area contributed by atoms with Crippen LogP contribution in [0.15, 0.2) is 54.6 Å². The van der Waals surface area contributed by atoms with Crippen LogP contribution in [0.1, 0.15) is 12.8 Å². The van der Waals surface area contributed by atoms with Crippen LogP contribution in [-0.2, 0) is 19.4 Å². The zero-order chi connectivity index (χ0) is 20.4. The number of nitrogens with one attached hydrogen (secondary N) is 2. The fourth-order valence-electron chi connectivity index (χ4n) is 3.85. The molecule has 2 amide bonds. The third-order valence-electron chi connectivity index (χ3n) is 5.39. The Kier molecular flexibility index (Phi) is 5.27. The molecule has 0 aliphatic carbocycles. The highest BCUT2D eigenvalue weighted by molar-refractivity contribution is 7.91. The Morgan fingerprint density at radius 1 is 0.966 bits per heavy atom. The highest BCUT2D eigenvalue weighted by Gasteiger charge is 2.41. The molecule has 2 aromatic rings. The van der Waals surface area contributed by atoms with Gasteiger partial charge in [0.05, 0.1) is 17.4 Å². The fourth-order valence-corrected chi connectivity index (χ4v) is 5.58. The molecule has 29 heavy (non-hydrogen) atoms. The van der Waals surface area contributed by atoms with E-state index in [4.69, 9.17) is 0 Å². The number of benzene rings is 2. The van der Waals surface area contributed by atoms with Crippen LogP contribution in [0.5, 0.6) is 0 Å². The molecular weight excluding hydrogens is 390 g/mol. The molecule has 2 saturated heterocycles. The maximum Gasteiger partial charge on any atom is 0.229 e. The van der Waals surface area contributed by atoms with Gasteiger partial charge in [0.25, 0.3) is 0 Å². The number of rotatable bonds is 5. The zero-order valence-corrected chi connectivity index (χ0v) is 16.7. The van der Waals surface area contributed by atoms with Gasteiger partial charge in [0.2, 0.25) is 11.8 Å². The van der Waals surface area contributed by atoms with Crippen molar-refractivity contribution in [2.45, 2.75) is 18.9 Å². The number of para-hydroxylation sites is 1. The summed E-state index contributed by atoms with van der Waals surface area (Å²) in [6.45, 7) is 0.276. The van der Waals surface area contributed by atoms with Crippen LogP contribution in [0.2, 0.25) is 0 Å². The number of amides is 2. The Bertz CT molecular complexity index is 1010. The SMILES string of the molecule is O=C(Nc1ccc(Nc2ccccc2)cc1)C1CC(=O)N(C2CCS(=O)(=O)C2)C1. The highest BCUT2D eigenvalue weighted by atomic mass is 32.2. The molecular formula is C21H23N3O4S. The van der Waals surface area contributed by atoms with Crippen molar-refractivity contribution in [1.29, 1.82) is 0 Å². The largest absolute Gasteiger partial charge is 0.356 e. The summed E-state index contributed by atoms with van der Waals surface area (Å²) in [5.74, 6) is -0.710. The van der Waals surface area contributed by atoms with Gasteiger partial charge in [-0.2, -0.15) is 0 Å². The summed E-state index contributed by atoms with van der Waals surface area (Å²) in [6.07, 6.45) is 0.578. The van der Waals surface area contributed by atoms with Crippen molar-refractivity contribution in [3.05, 3.63) is 54.6 Å². The standard InChI is InChI=1S/C21H23N3O4S/c25-20-12-15(13-24(20)19-10-11-29(27,28)14-19)21(26)23-18-8-6-17(7-9-18)22-16-4-2-1-3-5-16/h1-9,15,19,22H,10-14H2,(H,23,26). The minimum Gasteiger partial charge on any atom is -0.356 e. The van der Waals surface area contributed by atoms with Crippen molar-refractivity contribution in [3.8, 4) is 0 Å². The number of carbonyl (C=O) groups excluding carboxylic acids is 2. The van der Waals surface area contributed by atoms with E-state index in [2.05, 4.69) is 10.6 Å². The van der Waals surface area contributed by atoms with E-state index in [0.29, 0.717) is 12.1 Å². The second-order valence-corrected chi connectivity index (χ2v) is 9.79. The van der Waals surface area contributed by atoms with Crippen LogP contribution in [-0.4, -0.2) is 49.2 Å². The lowest BCUT2D eigenvalue weighted by Crippen LogP contribution is -2.38. The normalized spacial score (nSPS) is 23.2. The molecule has 7 nitrogen and oxygen atoms in total. The second-order valence-electron chi connectivity index (χ2n) is 7.56. The van der Waals surface area contributed by atoms with Crippen molar-refractivity contribution in [2.75, 3.05) is 28.7 Å². The maximum atomic E-state index is 12.6. The van der Waals surface area contributed by atoms with Gasteiger partial charge in [-0.3, -0.25) is 9.59 Å². The number of nitrogens with zero attached hydrogens (tertiary/aromatic N) is 1. The smallest absolute Gasteiger partial charge is 0.229 e. The average Bonchev–Trinajstić information content (AvgIpc) is 3.26. The lowest BCUT2D eigenvalue weighted by Gasteiger charge is -2.22. The Morgan fingerprint density at radius 2 is 1.62 bits per heavy atom. The number of hydrogen-bond donors (Lipinski definition) is 2. The summed E-state index contributed by atoms with van der Waals surface area (Å²) in [7, 11) is -3.07.